The van der Waals surface area contributed by atoms with Gasteiger partial charge in [-0.05, 0) is 18.2 Å². The minimum absolute atomic E-state index is 0.0896. The number of anilines is 1. The van der Waals surface area contributed by atoms with Crippen molar-refractivity contribution >= 4 is 17.6 Å². The van der Waals surface area contributed by atoms with Crippen molar-refractivity contribution in [3.05, 3.63) is 29.3 Å². The van der Waals surface area contributed by atoms with E-state index in [1.165, 1.54) is 6.07 Å². The van der Waals surface area contributed by atoms with E-state index in [9.17, 15) is 22.8 Å². The molecule has 0 fully saturated rings. The van der Waals surface area contributed by atoms with Crippen molar-refractivity contribution in [2.24, 2.45) is 0 Å². The van der Waals surface area contributed by atoms with E-state index in [2.05, 4.69) is 5.32 Å². The number of nitriles is 1. The van der Waals surface area contributed by atoms with Crippen LogP contribution in [-0.2, 0) is 15.8 Å². The highest BCUT2D eigenvalue weighted by molar-refractivity contribution is 5.83. The second-order valence-corrected chi connectivity index (χ2v) is 4.00. The Kier molecular flexibility index (Phi) is 4.75. The van der Waals surface area contributed by atoms with Gasteiger partial charge in [0.15, 0.2) is 0 Å². The van der Waals surface area contributed by atoms with Crippen LogP contribution in [0.2, 0.25) is 0 Å². The minimum atomic E-state index is -4.71. The number of nitrogens with zero attached hydrogens (tertiary/aromatic N) is 1. The molecule has 0 amide bonds. The van der Waals surface area contributed by atoms with Crippen molar-refractivity contribution in [3.63, 3.8) is 0 Å². The fourth-order valence-electron chi connectivity index (χ4n) is 1.55. The molecule has 0 saturated heterocycles. The summed E-state index contributed by atoms with van der Waals surface area (Å²) >= 11 is 0. The Morgan fingerprint density at radius 2 is 1.95 bits per heavy atom. The van der Waals surface area contributed by atoms with Gasteiger partial charge in [0, 0.05) is 5.69 Å². The van der Waals surface area contributed by atoms with Crippen molar-refractivity contribution in [2.45, 2.75) is 18.6 Å². The second-order valence-electron chi connectivity index (χ2n) is 4.00. The standard InChI is InChI=1S/C12H9F3N2O4/c13-12(14,15)8-2-1-7(3-6(8)5-16)17-9(11(20)21)4-10(18)19/h1-3,9,17H,4H2,(H,18,19)(H,20,21). The first kappa shape index (κ1) is 16.3. The highest BCUT2D eigenvalue weighted by atomic mass is 19.4. The summed E-state index contributed by atoms with van der Waals surface area (Å²) in [6, 6.07) is 2.22. The van der Waals surface area contributed by atoms with E-state index in [1.807, 2.05) is 0 Å². The van der Waals surface area contributed by atoms with Crippen molar-refractivity contribution in [1.29, 1.82) is 5.26 Å². The third kappa shape index (κ3) is 4.38. The summed E-state index contributed by atoms with van der Waals surface area (Å²) in [4.78, 5) is 21.4. The van der Waals surface area contributed by atoms with E-state index in [1.54, 1.807) is 0 Å². The fraction of sp³-hybridized carbons (Fsp3) is 0.250. The van der Waals surface area contributed by atoms with Gasteiger partial charge in [-0.3, -0.25) is 4.79 Å². The first-order valence-corrected chi connectivity index (χ1v) is 5.47. The Morgan fingerprint density at radius 3 is 2.38 bits per heavy atom. The lowest BCUT2D eigenvalue weighted by atomic mass is 10.1. The van der Waals surface area contributed by atoms with Gasteiger partial charge in [0.2, 0.25) is 0 Å². The number of halogens is 3. The number of hydrogen-bond acceptors (Lipinski definition) is 4. The molecule has 21 heavy (non-hydrogen) atoms. The first-order chi connectivity index (χ1) is 9.65. The van der Waals surface area contributed by atoms with E-state index < -0.39 is 41.7 Å². The average Bonchev–Trinajstić information content (AvgIpc) is 2.35. The average molecular weight is 302 g/mol. The molecule has 0 aliphatic heterocycles. The van der Waals surface area contributed by atoms with Gasteiger partial charge in [-0.25, -0.2) is 4.79 Å². The summed E-state index contributed by atoms with van der Waals surface area (Å²) in [6.45, 7) is 0. The molecule has 0 heterocycles. The Balaban J connectivity index is 3.08. The molecule has 0 aliphatic carbocycles. The van der Waals surface area contributed by atoms with E-state index in [0.29, 0.717) is 6.07 Å². The van der Waals surface area contributed by atoms with Gasteiger partial charge in [0.05, 0.1) is 23.6 Å². The molecule has 0 bridgehead atoms. The van der Waals surface area contributed by atoms with E-state index in [4.69, 9.17) is 15.5 Å². The number of carboxylic acids is 2. The molecular formula is C12H9F3N2O4. The third-order valence-electron chi connectivity index (χ3n) is 2.46. The summed E-state index contributed by atoms with van der Waals surface area (Å²) < 4.78 is 37.8. The number of rotatable bonds is 5. The van der Waals surface area contributed by atoms with Crippen LogP contribution in [0.5, 0.6) is 0 Å². The van der Waals surface area contributed by atoms with Crippen LogP contribution >= 0.6 is 0 Å². The quantitative estimate of drug-likeness (QED) is 0.766. The summed E-state index contributed by atoms with van der Waals surface area (Å²) in [6.07, 6.45) is -5.48. The van der Waals surface area contributed by atoms with Crippen LogP contribution < -0.4 is 5.32 Å². The van der Waals surface area contributed by atoms with Crippen LogP contribution in [0, 0.1) is 11.3 Å². The number of carbonyl (C=O) groups is 2. The first-order valence-electron chi connectivity index (χ1n) is 5.47. The Labute approximate surface area is 116 Å². The van der Waals surface area contributed by atoms with Gasteiger partial charge >= 0.3 is 18.1 Å². The fourth-order valence-corrected chi connectivity index (χ4v) is 1.55. The van der Waals surface area contributed by atoms with Gasteiger partial charge in [-0.15, -0.1) is 0 Å². The van der Waals surface area contributed by atoms with Crippen molar-refractivity contribution in [3.8, 4) is 6.07 Å². The predicted octanol–water partition coefficient (Wildman–Crippen LogP) is 1.92. The topological polar surface area (TPSA) is 110 Å². The molecular weight excluding hydrogens is 293 g/mol. The molecule has 1 aromatic rings. The number of carboxylic acid groups (broad SMARTS) is 2. The molecule has 1 atom stereocenters. The maximum atomic E-state index is 12.6. The second kappa shape index (κ2) is 6.13. The molecule has 0 aliphatic rings. The van der Waals surface area contributed by atoms with E-state index >= 15 is 0 Å². The van der Waals surface area contributed by atoms with Gasteiger partial charge in [0.1, 0.15) is 6.04 Å². The molecule has 0 radical (unpaired) electrons. The lowest BCUT2D eigenvalue weighted by molar-refractivity contribution is -0.144. The number of hydrogen-bond donors (Lipinski definition) is 3. The smallest absolute Gasteiger partial charge is 0.417 e. The summed E-state index contributed by atoms with van der Waals surface area (Å²) in [5.41, 5.74) is -1.93. The normalized spacial score (nSPS) is 12.3. The van der Waals surface area contributed by atoms with Crippen LogP contribution in [0.3, 0.4) is 0 Å². The monoisotopic (exact) mass is 302 g/mol. The molecule has 3 N–H and O–H groups in total. The van der Waals surface area contributed by atoms with Gasteiger partial charge in [-0.1, -0.05) is 0 Å². The predicted molar refractivity (Wildman–Crippen MR) is 63.5 cm³/mol. The number of alkyl halides is 3. The van der Waals surface area contributed by atoms with Gasteiger partial charge < -0.3 is 15.5 Å². The summed E-state index contributed by atoms with van der Waals surface area (Å²) in [5.74, 6) is -2.86. The lowest BCUT2D eigenvalue weighted by Gasteiger charge is -2.15. The largest absolute Gasteiger partial charge is 0.481 e. The Bertz CT molecular complexity index is 608. The zero-order valence-electron chi connectivity index (χ0n) is 10.3. The summed E-state index contributed by atoms with van der Waals surface area (Å²) in [7, 11) is 0. The Hall–Kier alpha value is -2.76. The number of nitrogens with one attached hydrogen (secondary N) is 1. The molecule has 6 nitrogen and oxygen atoms in total. The van der Waals surface area contributed by atoms with E-state index in [0.717, 1.165) is 12.1 Å². The Morgan fingerprint density at radius 1 is 1.33 bits per heavy atom. The highest BCUT2D eigenvalue weighted by Crippen LogP contribution is 2.33. The summed E-state index contributed by atoms with van der Waals surface area (Å²) in [5, 5.41) is 28.4. The van der Waals surface area contributed by atoms with Crippen molar-refractivity contribution in [2.75, 3.05) is 5.32 Å². The van der Waals surface area contributed by atoms with Crippen LogP contribution in [0.1, 0.15) is 17.5 Å². The third-order valence-corrected chi connectivity index (χ3v) is 2.46. The molecule has 0 spiro atoms. The zero-order valence-corrected chi connectivity index (χ0v) is 10.3. The van der Waals surface area contributed by atoms with E-state index in [-0.39, 0.29) is 5.69 Å². The molecule has 1 rings (SSSR count). The SMILES string of the molecule is N#Cc1cc(NC(CC(=O)O)C(=O)O)ccc1C(F)(F)F. The van der Waals surface area contributed by atoms with Crippen molar-refractivity contribution in [1.82, 2.24) is 0 Å². The lowest BCUT2D eigenvalue weighted by Crippen LogP contribution is -2.31. The molecule has 9 heteroatoms. The molecule has 112 valence electrons. The molecule has 0 saturated carbocycles. The van der Waals surface area contributed by atoms with Crippen LogP contribution in [0.25, 0.3) is 0 Å². The maximum absolute atomic E-state index is 12.6. The van der Waals surface area contributed by atoms with Crippen LogP contribution in [0.15, 0.2) is 18.2 Å². The molecule has 0 aromatic heterocycles. The van der Waals surface area contributed by atoms with Gasteiger partial charge in [-0.2, -0.15) is 18.4 Å². The van der Waals surface area contributed by atoms with Crippen LogP contribution in [0.4, 0.5) is 18.9 Å². The molecule has 1 unspecified atom stereocenters. The zero-order chi connectivity index (χ0) is 16.2. The number of benzene rings is 1. The van der Waals surface area contributed by atoms with Gasteiger partial charge in [0.25, 0.3) is 0 Å². The van der Waals surface area contributed by atoms with Crippen LogP contribution in [-0.4, -0.2) is 28.2 Å². The maximum Gasteiger partial charge on any atom is 0.417 e. The van der Waals surface area contributed by atoms with Crippen molar-refractivity contribution < 1.29 is 33.0 Å². The minimum Gasteiger partial charge on any atom is -0.481 e. The highest BCUT2D eigenvalue weighted by Gasteiger charge is 2.33. The number of aliphatic carboxylic acids is 2. The molecule has 1 aromatic carbocycles.